The molecule has 1 aromatic heterocycles. The lowest BCUT2D eigenvalue weighted by Crippen LogP contribution is -2.09. The van der Waals surface area contributed by atoms with Gasteiger partial charge in [0.25, 0.3) is 0 Å². The van der Waals surface area contributed by atoms with Crippen molar-refractivity contribution < 1.29 is 9.34 Å². The van der Waals surface area contributed by atoms with Gasteiger partial charge in [-0.05, 0) is 6.07 Å². The maximum Gasteiger partial charge on any atom is 0.433 e. The summed E-state index contributed by atoms with van der Waals surface area (Å²) < 4.78 is 4.95. The van der Waals surface area contributed by atoms with Gasteiger partial charge in [-0.15, -0.1) is 0 Å². The Morgan fingerprint density at radius 2 is 2.40 bits per heavy atom. The number of furan rings is 1. The third-order valence-electron chi connectivity index (χ3n) is 1.59. The van der Waals surface area contributed by atoms with Crippen LogP contribution in [0.25, 0.3) is 0 Å². The van der Waals surface area contributed by atoms with Gasteiger partial charge in [0.15, 0.2) is 0 Å². The summed E-state index contributed by atoms with van der Waals surface area (Å²) >= 11 is 1.52. The van der Waals surface area contributed by atoms with Crippen LogP contribution in [0.3, 0.4) is 0 Å². The number of nitrogens with zero attached hydrogens (tertiary/aromatic N) is 1. The lowest BCUT2D eigenvalue weighted by molar-refractivity contribution is -0.402. The van der Waals surface area contributed by atoms with Crippen LogP contribution in [-0.2, 0) is 5.75 Å². The van der Waals surface area contributed by atoms with Crippen molar-refractivity contribution >= 4 is 23.5 Å². The molecular weight excluding hydrogens is 218 g/mol. The maximum atomic E-state index is 10.3. The zero-order valence-electron chi connectivity index (χ0n) is 7.93. The first-order valence-electron chi connectivity index (χ1n) is 4.23. The average Bonchev–Trinajstić information content (AvgIpc) is 2.60. The Morgan fingerprint density at radius 1 is 1.67 bits per heavy atom. The van der Waals surface area contributed by atoms with E-state index in [1.54, 1.807) is 6.07 Å². The summed E-state index contributed by atoms with van der Waals surface area (Å²) in [7, 11) is 0. The van der Waals surface area contributed by atoms with E-state index in [2.05, 4.69) is 0 Å². The number of nitrogens with one attached hydrogen (secondary N) is 1. The van der Waals surface area contributed by atoms with Gasteiger partial charge in [0.1, 0.15) is 10.7 Å². The molecule has 0 bridgehead atoms. The van der Waals surface area contributed by atoms with Crippen LogP contribution in [0, 0.1) is 15.5 Å². The number of amidine groups is 1. The first-order chi connectivity index (χ1) is 7.09. The van der Waals surface area contributed by atoms with E-state index < -0.39 is 4.92 Å². The summed E-state index contributed by atoms with van der Waals surface area (Å²) in [5, 5.41) is 17.3. The number of nitrogens with two attached hydrogens (primary N) is 1. The maximum absolute atomic E-state index is 10.3. The highest BCUT2D eigenvalue weighted by Crippen LogP contribution is 2.20. The molecule has 6 nitrogen and oxygen atoms in total. The molecule has 15 heavy (non-hydrogen) atoms. The fraction of sp³-hybridized carbons (Fsp3) is 0.375. The summed E-state index contributed by atoms with van der Waals surface area (Å²) in [5.74, 6) is 1.74. The van der Waals surface area contributed by atoms with Crippen molar-refractivity contribution in [3.8, 4) is 0 Å². The molecule has 0 amide bonds. The van der Waals surface area contributed by atoms with E-state index in [9.17, 15) is 10.1 Å². The molecule has 1 aromatic rings. The fourth-order valence-corrected chi connectivity index (χ4v) is 1.76. The molecule has 0 aliphatic heterocycles. The minimum Gasteiger partial charge on any atom is -0.405 e. The first kappa shape index (κ1) is 11.6. The molecule has 0 spiro atoms. The van der Waals surface area contributed by atoms with Gasteiger partial charge in [-0.1, -0.05) is 0 Å². The standard InChI is InChI=1S/C8H11N3O3S/c9-7(10)3-4-15-5-6-1-2-8(14-6)11(12)13/h1-2H,3-5H2,(H3,9,10). The number of hydrogen-bond acceptors (Lipinski definition) is 5. The van der Waals surface area contributed by atoms with Crippen LogP contribution in [0.1, 0.15) is 12.2 Å². The minimum atomic E-state index is -0.566. The predicted molar refractivity (Wildman–Crippen MR) is 58.1 cm³/mol. The second-order valence-corrected chi connectivity index (χ2v) is 3.93. The second kappa shape index (κ2) is 5.40. The molecule has 0 aromatic carbocycles. The first-order valence-corrected chi connectivity index (χ1v) is 5.39. The molecule has 1 heterocycles. The highest BCUT2D eigenvalue weighted by atomic mass is 32.2. The zero-order chi connectivity index (χ0) is 11.3. The Balaban J connectivity index is 2.31. The number of rotatable bonds is 6. The van der Waals surface area contributed by atoms with E-state index in [4.69, 9.17) is 15.6 Å². The van der Waals surface area contributed by atoms with E-state index in [0.717, 1.165) is 0 Å². The molecule has 0 radical (unpaired) electrons. The highest BCUT2D eigenvalue weighted by molar-refractivity contribution is 7.98. The molecule has 0 saturated heterocycles. The van der Waals surface area contributed by atoms with Crippen LogP contribution in [0.2, 0.25) is 0 Å². The lowest BCUT2D eigenvalue weighted by Gasteiger charge is -1.97. The largest absolute Gasteiger partial charge is 0.433 e. The van der Waals surface area contributed by atoms with Crippen LogP contribution < -0.4 is 5.73 Å². The van der Waals surface area contributed by atoms with Crippen molar-refractivity contribution in [2.24, 2.45) is 5.73 Å². The Kier molecular flexibility index (Phi) is 4.17. The quantitative estimate of drug-likeness (QED) is 0.254. The van der Waals surface area contributed by atoms with Gasteiger partial charge in [0.05, 0.1) is 17.7 Å². The molecular formula is C8H11N3O3S. The summed E-state index contributed by atoms with van der Waals surface area (Å²) in [6.07, 6.45) is 0.521. The van der Waals surface area contributed by atoms with Crippen molar-refractivity contribution in [3.63, 3.8) is 0 Å². The van der Waals surface area contributed by atoms with Gasteiger partial charge in [-0.2, -0.15) is 11.8 Å². The molecule has 0 aliphatic carbocycles. The highest BCUT2D eigenvalue weighted by Gasteiger charge is 2.11. The van der Waals surface area contributed by atoms with E-state index in [1.807, 2.05) is 0 Å². The van der Waals surface area contributed by atoms with Gasteiger partial charge < -0.3 is 10.2 Å². The fourth-order valence-electron chi connectivity index (χ4n) is 0.897. The van der Waals surface area contributed by atoms with Crippen molar-refractivity contribution in [1.82, 2.24) is 0 Å². The molecule has 0 saturated carbocycles. The van der Waals surface area contributed by atoms with E-state index in [1.165, 1.54) is 17.8 Å². The van der Waals surface area contributed by atoms with Crippen LogP contribution in [-0.4, -0.2) is 16.5 Å². The number of nitro groups is 1. The lowest BCUT2D eigenvalue weighted by atomic mass is 10.5. The molecule has 0 aliphatic rings. The summed E-state index contributed by atoms with van der Waals surface area (Å²) in [6, 6.07) is 2.92. The van der Waals surface area contributed by atoms with Crippen molar-refractivity contribution in [1.29, 1.82) is 5.41 Å². The Bertz CT molecular complexity index is 364. The molecule has 1 rings (SSSR count). The average molecular weight is 229 g/mol. The van der Waals surface area contributed by atoms with Gasteiger partial charge in [0, 0.05) is 12.2 Å². The number of hydrogen-bond donors (Lipinski definition) is 2. The zero-order valence-corrected chi connectivity index (χ0v) is 8.75. The van der Waals surface area contributed by atoms with E-state index in [0.29, 0.717) is 23.7 Å². The van der Waals surface area contributed by atoms with Gasteiger partial charge in [-0.25, -0.2) is 0 Å². The SMILES string of the molecule is N=C(N)CCSCc1ccc([N+](=O)[O-])o1. The topological polar surface area (TPSA) is 106 Å². The molecule has 3 N–H and O–H groups in total. The van der Waals surface area contributed by atoms with Gasteiger partial charge >= 0.3 is 5.88 Å². The molecule has 0 fully saturated rings. The predicted octanol–water partition coefficient (Wildman–Crippen LogP) is 1.75. The van der Waals surface area contributed by atoms with Gasteiger partial charge in [0.2, 0.25) is 0 Å². The van der Waals surface area contributed by atoms with Crippen molar-refractivity contribution in [2.45, 2.75) is 12.2 Å². The van der Waals surface area contributed by atoms with Crippen LogP contribution in [0.5, 0.6) is 0 Å². The molecule has 0 atom stereocenters. The second-order valence-electron chi connectivity index (χ2n) is 2.82. The Morgan fingerprint density at radius 3 is 2.93 bits per heavy atom. The van der Waals surface area contributed by atoms with E-state index in [-0.39, 0.29) is 11.7 Å². The Hall–Kier alpha value is -1.50. The Labute approximate surface area is 90.5 Å². The van der Waals surface area contributed by atoms with Crippen molar-refractivity contribution in [2.75, 3.05) is 5.75 Å². The normalized spacial score (nSPS) is 10.1. The van der Waals surface area contributed by atoms with E-state index >= 15 is 0 Å². The molecule has 82 valence electrons. The summed E-state index contributed by atoms with van der Waals surface area (Å²) in [6.45, 7) is 0. The smallest absolute Gasteiger partial charge is 0.405 e. The summed E-state index contributed by atoms with van der Waals surface area (Å²) in [5.41, 5.74) is 5.17. The third-order valence-corrected chi connectivity index (χ3v) is 2.57. The van der Waals surface area contributed by atoms with Crippen molar-refractivity contribution in [3.05, 3.63) is 28.0 Å². The van der Waals surface area contributed by atoms with Crippen LogP contribution >= 0.6 is 11.8 Å². The van der Waals surface area contributed by atoms with Gasteiger partial charge in [-0.3, -0.25) is 15.5 Å². The number of thioether (sulfide) groups is 1. The monoisotopic (exact) mass is 229 g/mol. The minimum absolute atomic E-state index is 0.146. The van der Waals surface area contributed by atoms with Crippen LogP contribution in [0.15, 0.2) is 16.5 Å². The molecule has 7 heteroatoms. The summed E-state index contributed by atoms with van der Waals surface area (Å²) in [4.78, 5) is 9.73. The molecule has 0 unspecified atom stereocenters. The van der Waals surface area contributed by atoms with Crippen LogP contribution in [0.4, 0.5) is 5.88 Å². The third kappa shape index (κ3) is 4.03.